The standard InChI is InChI=1S/C19H23ClN4O2/c1-12-14-3-2-4-16(14)24-18(23-12)7-9-22-19(25)15-11-13(20)5-6-17(15)26-10-8-21/h5-6,11H,2-4,7-10,21H2,1H3,(H,22,25). The van der Waals surface area contributed by atoms with Gasteiger partial charge in [-0.3, -0.25) is 4.79 Å². The summed E-state index contributed by atoms with van der Waals surface area (Å²) in [5, 5.41) is 3.37. The highest BCUT2D eigenvalue weighted by atomic mass is 35.5. The number of nitrogens with two attached hydrogens (primary N) is 1. The topological polar surface area (TPSA) is 90.1 Å². The van der Waals surface area contributed by atoms with Crippen LogP contribution >= 0.6 is 11.6 Å². The van der Waals surface area contributed by atoms with Crippen LogP contribution in [0.2, 0.25) is 5.02 Å². The zero-order valence-corrected chi connectivity index (χ0v) is 15.6. The van der Waals surface area contributed by atoms with Crippen LogP contribution in [0.5, 0.6) is 5.75 Å². The minimum absolute atomic E-state index is 0.239. The van der Waals surface area contributed by atoms with Gasteiger partial charge in [-0.1, -0.05) is 11.6 Å². The number of rotatable bonds is 7. The average molecular weight is 375 g/mol. The van der Waals surface area contributed by atoms with E-state index in [1.54, 1.807) is 18.2 Å². The van der Waals surface area contributed by atoms with Crippen LogP contribution in [0.15, 0.2) is 18.2 Å². The van der Waals surface area contributed by atoms with Gasteiger partial charge in [0.05, 0.1) is 5.56 Å². The number of nitrogens with one attached hydrogen (secondary N) is 1. The van der Waals surface area contributed by atoms with Crippen LogP contribution in [0, 0.1) is 6.92 Å². The summed E-state index contributed by atoms with van der Waals surface area (Å²) in [5.41, 5.74) is 9.37. The monoisotopic (exact) mass is 374 g/mol. The summed E-state index contributed by atoms with van der Waals surface area (Å²) < 4.78 is 5.52. The highest BCUT2D eigenvalue weighted by Crippen LogP contribution is 2.23. The fourth-order valence-electron chi connectivity index (χ4n) is 3.15. The average Bonchev–Trinajstić information content (AvgIpc) is 3.09. The number of halogens is 1. The molecule has 1 heterocycles. The number of hydrogen-bond donors (Lipinski definition) is 2. The Morgan fingerprint density at radius 2 is 2.19 bits per heavy atom. The first-order valence-electron chi connectivity index (χ1n) is 8.84. The van der Waals surface area contributed by atoms with E-state index in [0.29, 0.717) is 42.5 Å². The predicted octanol–water partition coefficient (Wildman–Crippen LogP) is 2.24. The molecule has 1 aromatic carbocycles. The largest absolute Gasteiger partial charge is 0.491 e. The van der Waals surface area contributed by atoms with Crippen molar-refractivity contribution in [2.75, 3.05) is 19.7 Å². The van der Waals surface area contributed by atoms with Crippen molar-refractivity contribution in [2.24, 2.45) is 5.73 Å². The molecule has 0 spiro atoms. The van der Waals surface area contributed by atoms with Crippen LogP contribution in [0.1, 0.15) is 39.6 Å². The molecule has 0 saturated carbocycles. The minimum atomic E-state index is -0.239. The van der Waals surface area contributed by atoms with Crippen molar-refractivity contribution in [1.29, 1.82) is 0 Å². The van der Waals surface area contributed by atoms with Gasteiger partial charge in [-0.25, -0.2) is 9.97 Å². The van der Waals surface area contributed by atoms with Crippen LogP contribution < -0.4 is 15.8 Å². The summed E-state index contributed by atoms with van der Waals surface area (Å²) in [6.07, 6.45) is 3.81. The highest BCUT2D eigenvalue weighted by Gasteiger charge is 2.17. The molecule has 1 aromatic heterocycles. The lowest BCUT2D eigenvalue weighted by Crippen LogP contribution is -2.27. The molecular formula is C19H23ClN4O2. The number of ether oxygens (including phenoxy) is 1. The fourth-order valence-corrected chi connectivity index (χ4v) is 3.32. The summed E-state index contributed by atoms with van der Waals surface area (Å²) in [4.78, 5) is 21.7. The molecular weight excluding hydrogens is 352 g/mol. The van der Waals surface area contributed by atoms with Gasteiger partial charge in [0, 0.05) is 35.9 Å². The summed E-state index contributed by atoms with van der Waals surface area (Å²) in [7, 11) is 0. The van der Waals surface area contributed by atoms with Gasteiger partial charge < -0.3 is 15.8 Å². The number of nitrogens with zero attached hydrogens (tertiary/aromatic N) is 2. The Hall–Kier alpha value is -2.18. The van der Waals surface area contributed by atoms with Gasteiger partial charge in [-0.15, -0.1) is 0 Å². The van der Waals surface area contributed by atoms with E-state index >= 15 is 0 Å². The molecule has 138 valence electrons. The molecule has 2 aromatic rings. The van der Waals surface area contributed by atoms with Crippen molar-refractivity contribution < 1.29 is 9.53 Å². The molecule has 1 aliphatic rings. The summed E-state index contributed by atoms with van der Waals surface area (Å²) in [6.45, 7) is 3.18. The Balaban J connectivity index is 1.63. The number of carbonyl (C=O) groups is 1. The normalized spacial score (nSPS) is 12.7. The minimum Gasteiger partial charge on any atom is -0.491 e. The molecule has 26 heavy (non-hydrogen) atoms. The zero-order chi connectivity index (χ0) is 18.5. The second kappa shape index (κ2) is 8.47. The van der Waals surface area contributed by atoms with Gasteiger partial charge >= 0.3 is 0 Å². The van der Waals surface area contributed by atoms with E-state index in [4.69, 9.17) is 22.1 Å². The summed E-state index contributed by atoms with van der Waals surface area (Å²) in [6, 6.07) is 4.96. The van der Waals surface area contributed by atoms with Crippen molar-refractivity contribution >= 4 is 17.5 Å². The molecule has 0 radical (unpaired) electrons. The second-order valence-electron chi connectivity index (χ2n) is 6.29. The molecule has 0 unspecified atom stereocenters. The number of carbonyl (C=O) groups excluding carboxylic acids is 1. The molecule has 3 N–H and O–H groups in total. The molecule has 0 atom stereocenters. The second-order valence-corrected chi connectivity index (χ2v) is 6.72. The van der Waals surface area contributed by atoms with Crippen molar-refractivity contribution in [1.82, 2.24) is 15.3 Å². The van der Waals surface area contributed by atoms with Crippen LogP contribution in [0.25, 0.3) is 0 Å². The Morgan fingerprint density at radius 3 is 3.00 bits per heavy atom. The van der Waals surface area contributed by atoms with E-state index in [2.05, 4.69) is 15.3 Å². The van der Waals surface area contributed by atoms with Crippen LogP contribution in [-0.4, -0.2) is 35.6 Å². The number of fused-ring (bicyclic) bond motifs is 1. The van der Waals surface area contributed by atoms with Crippen LogP contribution in [0.4, 0.5) is 0 Å². The molecule has 1 aliphatic carbocycles. The molecule has 0 saturated heterocycles. The van der Waals surface area contributed by atoms with E-state index in [1.807, 2.05) is 6.92 Å². The van der Waals surface area contributed by atoms with Gasteiger partial charge in [-0.05, 0) is 49.9 Å². The lowest BCUT2D eigenvalue weighted by atomic mass is 10.1. The maximum Gasteiger partial charge on any atom is 0.255 e. The van der Waals surface area contributed by atoms with E-state index in [0.717, 1.165) is 36.5 Å². The number of aryl methyl sites for hydroxylation is 2. The van der Waals surface area contributed by atoms with Gasteiger partial charge in [0.2, 0.25) is 0 Å². The van der Waals surface area contributed by atoms with Crippen molar-refractivity contribution in [3.63, 3.8) is 0 Å². The number of benzene rings is 1. The Morgan fingerprint density at radius 1 is 1.35 bits per heavy atom. The van der Waals surface area contributed by atoms with E-state index in [1.165, 1.54) is 5.56 Å². The zero-order valence-electron chi connectivity index (χ0n) is 14.8. The fraction of sp³-hybridized carbons (Fsp3) is 0.421. The van der Waals surface area contributed by atoms with E-state index in [-0.39, 0.29) is 5.91 Å². The van der Waals surface area contributed by atoms with Gasteiger partial charge in [-0.2, -0.15) is 0 Å². The van der Waals surface area contributed by atoms with Gasteiger partial charge in [0.1, 0.15) is 18.2 Å². The molecule has 1 amide bonds. The number of aromatic nitrogens is 2. The highest BCUT2D eigenvalue weighted by molar-refractivity contribution is 6.31. The van der Waals surface area contributed by atoms with Crippen LogP contribution in [0.3, 0.4) is 0 Å². The third-order valence-electron chi connectivity index (χ3n) is 4.38. The third-order valence-corrected chi connectivity index (χ3v) is 4.62. The Labute approximate surface area is 158 Å². The molecule has 0 fully saturated rings. The number of amides is 1. The van der Waals surface area contributed by atoms with E-state index in [9.17, 15) is 4.79 Å². The molecule has 7 heteroatoms. The first-order valence-corrected chi connectivity index (χ1v) is 9.22. The molecule has 3 rings (SSSR count). The SMILES string of the molecule is Cc1nc(CCNC(=O)c2cc(Cl)ccc2OCCN)nc2c1CCC2. The maximum atomic E-state index is 12.5. The van der Waals surface area contributed by atoms with Crippen molar-refractivity contribution in [3.8, 4) is 5.75 Å². The Kier molecular flexibility index (Phi) is 6.06. The first-order chi connectivity index (χ1) is 12.6. The molecule has 0 aliphatic heterocycles. The van der Waals surface area contributed by atoms with Crippen molar-refractivity contribution in [2.45, 2.75) is 32.6 Å². The third kappa shape index (κ3) is 4.31. The van der Waals surface area contributed by atoms with Crippen molar-refractivity contribution in [3.05, 3.63) is 51.6 Å². The smallest absolute Gasteiger partial charge is 0.255 e. The Bertz CT molecular complexity index is 810. The van der Waals surface area contributed by atoms with Gasteiger partial charge in [0.25, 0.3) is 5.91 Å². The maximum absolute atomic E-state index is 12.5. The number of hydrogen-bond acceptors (Lipinski definition) is 5. The summed E-state index contributed by atoms with van der Waals surface area (Å²) >= 11 is 6.02. The molecule has 0 bridgehead atoms. The lowest BCUT2D eigenvalue weighted by Gasteiger charge is -2.12. The molecule has 6 nitrogen and oxygen atoms in total. The summed E-state index contributed by atoms with van der Waals surface area (Å²) in [5.74, 6) is 1.01. The quantitative estimate of drug-likeness (QED) is 0.775. The van der Waals surface area contributed by atoms with Crippen LogP contribution in [-0.2, 0) is 19.3 Å². The van der Waals surface area contributed by atoms with Gasteiger partial charge in [0.15, 0.2) is 0 Å². The predicted molar refractivity (Wildman–Crippen MR) is 101 cm³/mol. The lowest BCUT2D eigenvalue weighted by molar-refractivity contribution is 0.0950. The van der Waals surface area contributed by atoms with E-state index < -0.39 is 0 Å². The first kappa shape index (κ1) is 18.6.